The maximum Gasteiger partial charge on any atom is 0.242 e. The van der Waals surface area contributed by atoms with Crippen LogP contribution in [0.15, 0.2) is 53.0 Å². The number of carbonyl (C=O) groups is 2. The summed E-state index contributed by atoms with van der Waals surface area (Å²) in [6, 6.07) is 14.9. The van der Waals surface area contributed by atoms with Gasteiger partial charge in [0.1, 0.15) is 6.04 Å². The summed E-state index contributed by atoms with van der Waals surface area (Å²) in [5, 5.41) is 3.54. The summed E-state index contributed by atoms with van der Waals surface area (Å²) in [7, 11) is 0. The minimum absolute atomic E-state index is 0.0655. The molecule has 4 nitrogen and oxygen atoms in total. The van der Waals surface area contributed by atoms with Gasteiger partial charge in [-0.2, -0.15) is 0 Å². The topological polar surface area (TPSA) is 49.4 Å². The summed E-state index contributed by atoms with van der Waals surface area (Å²) in [5.74, 6) is 1.18. The third-order valence-electron chi connectivity index (χ3n) is 4.50. The summed E-state index contributed by atoms with van der Waals surface area (Å²) in [6.45, 7) is 6.78. The first-order valence-corrected chi connectivity index (χ1v) is 12.2. The van der Waals surface area contributed by atoms with E-state index in [-0.39, 0.29) is 11.8 Å². The van der Waals surface area contributed by atoms with E-state index in [2.05, 4.69) is 21.2 Å². The lowest BCUT2D eigenvalue weighted by Crippen LogP contribution is -2.48. The van der Waals surface area contributed by atoms with Crippen molar-refractivity contribution in [3.63, 3.8) is 0 Å². The Morgan fingerprint density at radius 2 is 1.80 bits per heavy atom. The van der Waals surface area contributed by atoms with E-state index >= 15 is 0 Å². The number of thioether (sulfide) groups is 1. The second-order valence-electron chi connectivity index (χ2n) is 7.59. The molecular weight excluding hydrogens is 484 g/mol. The third kappa shape index (κ3) is 8.32. The largest absolute Gasteiger partial charge is 0.354 e. The van der Waals surface area contributed by atoms with E-state index in [1.165, 1.54) is 0 Å². The molecule has 2 aromatic carbocycles. The van der Waals surface area contributed by atoms with Crippen LogP contribution in [0.25, 0.3) is 0 Å². The van der Waals surface area contributed by atoms with Gasteiger partial charge >= 0.3 is 0 Å². The fourth-order valence-electron chi connectivity index (χ4n) is 2.79. The minimum atomic E-state index is -0.566. The van der Waals surface area contributed by atoms with Crippen LogP contribution in [-0.2, 0) is 21.9 Å². The minimum Gasteiger partial charge on any atom is -0.354 e. The van der Waals surface area contributed by atoms with Crippen molar-refractivity contribution in [1.29, 1.82) is 0 Å². The van der Waals surface area contributed by atoms with Gasteiger partial charge in [0, 0.05) is 28.3 Å². The zero-order chi connectivity index (χ0) is 22.1. The number of nitrogens with one attached hydrogen (secondary N) is 1. The highest BCUT2D eigenvalue weighted by Gasteiger charge is 2.26. The molecule has 0 aliphatic rings. The van der Waals surface area contributed by atoms with Gasteiger partial charge in [0.05, 0.1) is 5.75 Å². The van der Waals surface area contributed by atoms with Crippen molar-refractivity contribution in [3.05, 3.63) is 69.2 Å². The molecular formula is C23H28BrClN2O2S. The van der Waals surface area contributed by atoms with Crippen LogP contribution in [-0.4, -0.2) is 35.1 Å². The smallest absolute Gasteiger partial charge is 0.242 e. The summed E-state index contributed by atoms with van der Waals surface area (Å²) in [4.78, 5) is 27.3. The lowest BCUT2D eigenvalue weighted by Gasteiger charge is -2.29. The molecule has 2 rings (SSSR count). The van der Waals surface area contributed by atoms with E-state index in [9.17, 15) is 9.59 Å². The van der Waals surface area contributed by atoms with Crippen molar-refractivity contribution in [2.24, 2.45) is 5.92 Å². The predicted octanol–water partition coefficient (Wildman–Crippen LogP) is 5.53. The molecule has 2 amide bonds. The van der Waals surface area contributed by atoms with Crippen LogP contribution < -0.4 is 5.32 Å². The zero-order valence-corrected chi connectivity index (χ0v) is 20.7. The van der Waals surface area contributed by atoms with E-state index in [4.69, 9.17) is 11.6 Å². The first-order valence-electron chi connectivity index (χ1n) is 9.90. The van der Waals surface area contributed by atoms with Crippen molar-refractivity contribution >= 4 is 51.1 Å². The van der Waals surface area contributed by atoms with Crippen LogP contribution in [0.2, 0.25) is 5.02 Å². The van der Waals surface area contributed by atoms with Crippen LogP contribution in [0, 0.1) is 5.92 Å². The SMILES string of the molecule is CC(C)CNC(=O)C(C)N(Cc1cccc(Cl)c1)C(=O)CSCc1ccc(Br)cc1. The molecule has 162 valence electrons. The summed E-state index contributed by atoms with van der Waals surface area (Å²) in [5.41, 5.74) is 2.05. The van der Waals surface area contributed by atoms with Crippen molar-refractivity contribution in [2.75, 3.05) is 12.3 Å². The lowest BCUT2D eigenvalue weighted by molar-refractivity contribution is -0.138. The van der Waals surface area contributed by atoms with Gasteiger partial charge in [0.25, 0.3) is 0 Å². The van der Waals surface area contributed by atoms with Gasteiger partial charge in [-0.25, -0.2) is 0 Å². The van der Waals surface area contributed by atoms with Gasteiger partial charge in [0.15, 0.2) is 0 Å². The fraction of sp³-hybridized carbons (Fsp3) is 0.391. The molecule has 1 atom stereocenters. The van der Waals surface area contributed by atoms with E-state index in [0.29, 0.717) is 29.8 Å². The molecule has 0 spiro atoms. The average Bonchev–Trinajstić information content (AvgIpc) is 2.71. The molecule has 1 unspecified atom stereocenters. The number of benzene rings is 2. The zero-order valence-electron chi connectivity index (χ0n) is 17.5. The van der Waals surface area contributed by atoms with E-state index in [1.54, 1.807) is 29.7 Å². The Hall–Kier alpha value is -1.50. The number of rotatable bonds is 10. The van der Waals surface area contributed by atoms with Gasteiger partial charge in [-0.3, -0.25) is 9.59 Å². The Labute approximate surface area is 196 Å². The molecule has 7 heteroatoms. The van der Waals surface area contributed by atoms with Gasteiger partial charge in [0.2, 0.25) is 11.8 Å². The summed E-state index contributed by atoms with van der Waals surface area (Å²) < 4.78 is 1.03. The molecule has 0 saturated carbocycles. The molecule has 1 N–H and O–H groups in total. The Kier molecular flexibility index (Phi) is 10.2. The molecule has 0 saturated heterocycles. The first kappa shape index (κ1) is 24.8. The number of halogens is 2. The Balaban J connectivity index is 2.05. The van der Waals surface area contributed by atoms with Crippen molar-refractivity contribution in [3.8, 4) is 0 Å². The quantitative estimate of drug-likeness (QED) is 0.456. The molecule has 0 heterocycles. The second-order valence-corrected chi connectivity index (χ2v) is 9.92. The Morgan fingerprint density at radius 3 is 2.43 bits per heavy atom. The lowest BCUT2D eigenvalue weighted by atomic mass is 10.1. The van der Waals surface area contributed by atoms with Crippen LogP contribution in [0.3, 0.4) is 0 Å². The Morgan fingerprint density at radius 1 is 1.10 bits per heavy atom. The molecule has 0 fully saturated rings. The maximum absolute atomic E-state index is 13.0. The third-order valence-corrected chi connectivity index (χ3v) is 6.25. The summed E-state index contributed by atoms with van der Waals surface area (Å²) in [6.07, 6.45) is 0. The normalized spacial score (nSPS) is 11.9. The number of amides is 2. The van der Waals surface area contributed by atoms with Crippen LogP contribution >= 0.6 is 39.3 Å². The van der Waals surface area contributed by atoms with Gasteiger partial charge in [-0.15, -0.1) is 11.8 Å². The fourth-order valence-corrected chi connectivity index (χ4v) is 4.13. The molecule has 30 heavy (non-hydrogen) atoms. The highest BCUT2D eigenvalue weighted by atomic mass is 79.9. The number of carbonyl (C=O) groups excluding carboxylic acids is 2. The number of hydrogen-bond donors (Lipinski definition) is 1. The van der Waals surface area contributed by atoms with Crippen molar-refractivity contribution < 1.29 is 9.59 Å². The van der Waals surface area contributed by atoms with Crippen LogP contribution in [0.5, 0.6) is 0 Å². The highest BCUT2D eigenvalue weighted by Crippen LogP contribution is 2.19. The molecule has 0 aliphatic heterocycles. The van der Waals surface area contributed by atoms with E-state index < -0.39 is 6.04 Å². The van der Waals surface area contributed by atoms with Crippen molar-refractivity contribution in [1.82, 2.24) is 10.2 Å². The molecule has 2 aromatic rings. The predicted molar refractivity (Wildman–Crippen MR) is 130 cm³/mol. The number of hydrogen-bond acceptors (Lipinski definition) is 3. The second kappa shape index (κ2) is 12.4. The average molecular weight is 512 g/mol. The molecule has 0 bridgehead atoms. The summed E-state index contributed by atoms with van der Waals surface area (Å²) >= 11 is 11.1. The highest BCUT2D eigenvalue weighted by molar-refractivity contribution is 9.10. The monoisotopic (exact) mass is 510 g/mol. The van der Waals surface area contributed by atoms with Gasteiger partial charge < -0.3 is 10.2 Å². The van der Waals surface area contributed by atoms with E-state index in [0.717, 1.165) is 21.4 Å². The molecule has 0 aromatic heterocycles. The molecule has 0 radical (unpaired) electrons. The number of nitrogens with zero attached hydrogens (tertiary/aromatic N) is 1. The van der Waals surface area contributed by atoms with Crippen LogP contribution in [0.4, 0.5) is 0 Å². The van der Waals surface area contributed by atoms with Crippen LogP contribution in [0.1, 0.15) is 31.9 Å². The maximum atomic E-state index is 13.0. The van der Waals surface area contributed by atoms with Gasteiger partial charge in [-0.05, 0) is 48.2 Å². The molecule has 0 aliphatic carbocycles. The van der Waals surface area contributed by atoms with Crippen molar-refractivity contribution in [2.45, 2.75) is 39.1 Å². The Bertz CT molecular complexity index is 845. The standard InChI is InChI=1S/C23H28BrClN2O2S/c1-16(2)12-26-23(29)17(3)27(13-19-5-4-6-21(25)11-19)22(28)15-30-14-18-7-9-20(24)10-8-18/h4-11,16-17H,12-15H2,1-3H3,(H,26,29). The van der Waals surface area contributed by atoms with E-state index in [1.807, 2.05) is 56.3 Å². The first-order chi connectivity index (χ1) is 14.3. The van der Waals surface area contributed by atoms with Gasteiger partial charge in [-0.1, -0.05) is 65.6 Å².